The molecule has 0 aliphatic carbocycles. The largest absolute Gasteiger partial charge is 0.324 e. The Morgan fingerprint density at radius 2 is 2.06 bits per heavy atom. The Morgan fingerprint density at radius 1 is 1.28 bits per heavy atom. The number of hydrogen-bond acceptors (Lipinski definition) is 2. The van der Waals surface area contributed by atoms with Gasteiger partial charge in [0.05, 0.1) is 10.0 Å². The van der Waals surface area contributed by atoms with Gasteiger partial charge in [-0.25, -0.2) is 0 Å². The SMILES string of the molecule is Cc1cncc(C(N)Cc2cccc(Cl)c2Cl)c1. The van der Waals surface area contributed by atoms with Crippen LogP contribution in [0.15, 0.2) is 36.7 Å². The highest BCUT2D eigenvalue weighted by Gasteiger charge is 2.11. The summed E-state index contributed by atoms with van der Waals surface area (Å²) >= 11 is 12.1. The molecule has 2 N–H and O–H groups in total. The van der Waals surface area contributed by atoms with E-state index in [2.05, 4.69) is 4.98 Å². The third-order valence-electron chi connectivity index (χ3n) is 2.80. The Balaban J connectivity index is 2.21. The molecule has 1 atom stereocenters. The molecule has 1 aromatic heterocycles. The number of pyridine rings is 1. The zero-order valence-corrected chi connectivity index (χ0v) is 11.5. The minimum absolute atomic E-state index is 0.131. The van der Waals surface area contributed by atoms with Gasteiger partial charge in [-0.3, -0.25) is 4.98 Å². The summed E-state index contributed by atoms with van der Waals surface area (Å²) in [5, 5.41) is 1.14. The van der Waals surface area contributed by atoms with Gasteiger partial charge >= 0.3 is 0 Å². The number of nitrogens with zero attached hydrogens (tertiary/aromatic N) is 1. The maximum absolute atomic E-state index is 6.17. The second-order valence-corrected chi connectivity index (χ2v) is 5.10. The number of aromatic nitrogens is 1. The molecule has 94 valence electrons. The monoisotopic (exact) mass is 280 g/mol. The molecule has 2 aromatic rings. The first kappa shape index (κ1) is 13.3. The number of halogens is 2. The van der Waals surface area contributed by atoms with E-state index in [-0.39, 0.29) is 6.04 Å². The number of aryl methyl sites for hydroxylation is 1. The molecule has 1 heterocycles. The minimum Gasteiger partial charge on any atom is -0.324 e. The fourth-order valence-corrected chi connectivity index (χ4v) is 2.24. The Hall–Kier alpha value is -1.09. The Labute approximate surface area is 117 Å². The van der Waals surface area contributed by atoms with Gasteiger partial charge in [0, 0.05) is 18.4 Å². The summed E-state index contributed by atoms with van der Waals surface area (Å²) in [7, 11) is 0. The van der Waals surface area contributed by atoms with Crippen molar-refractivity contribution in [2.24, 2.45) is 5.73 Å². The standard InChI is InChI=1S/C14H14Cl2N2/c1-9-5-11(8-18-7-9)13(17)6-10-3-2-4-12(15)14(10)16/h2-5,7-8,13H,6,17H2,1H3. The average molecular weight is 281 g/mol. The Morgan fingerprint density at radius 3 is 2.78 bits per heavy atom. The van der Waals surface area contributed by atoms with Gasteiger partial charge in [0.2, 0.25) is 0 Å². The molecule has 0 radical (unpaired) electrons. The van der Waals surface area contributed by atoms with Crippen LogP contribution in [0.5, 0.6) is 0 Å². The molecule has 0 fully saturated rings. The minimum atomic E-state index is -0.131. The van der Waals surface area contributed by atoms with E-state index in [0.29, 0.717) is 16.5 Å². The zero-order valence-electron chi connectivity index (χ0n) is 10.0. The summed E-state index contributed by atoms with van der Waals surface area (Å²) in [5.41, 5.74) is 9.23. The van der Waals surface area contributed by atoms with Crippen molar-refractivity contribution in [3.63, 3.8) is 0 Å². The van der Waals surface area contributed by atoms with E-state index in [1.165, 1.54) is 0 Å². The molecular formula is C14H14Cl2N2. The molecule has 4 heteroatoms. The maximum Gasteiger partial charge on any atom is 0.0624 e. The van der Waals surface area contributed by atoms with E-state index in [1.807, 2.05) is 31.3 Å². The first-order valence-electron chi connectivity index (χ1n) is 5.68. The van der Waals surface area contributed by atoms with Gasteiger partial charge in [-0.2, -0.15) is 0 Å². The van der Waals surface area contributed by atoms with Crippen LogP contribution < -0.4 is 5.73 Å². The van der Waals surface area contributed by atoms with Crippen molar-refractivity contribution < 1.29 is 0 Å². The Kier molecular flexibility index (Phi) is 4.23. The highest BCUT2D eigenvalue weighted by molar-refractivity contribution is 6.42. The molecule has 2 rings (SSSR count). The molecule has 1 aromatic carbocycles. The van der Waals surface area contributed by atoms with E-state index < -0.39 is 0 Å². The molecule has 1 unspecified atom stereocenters. The van der Waals surface area contributed by atoms with Crippen LogP contribution in [-0.4, -0.2) is 4.98 Å². The maximum atomic E-state index is 6.17. The number of benzene rings is 1. The normalized spacial score (nSPS) is 12.4. The van der Waals surface area contributed by atoms with Gasteiger partial charge in [0.25, 0.3) is 0 Å². The van der Waals surface area contributed by atoms with Gasteiger partial charge in [0.15, 0.2) is 0 Å². The van der Waals surface area contributed by atoms with Crippen molar-refractivity contribution in [1.82, 2.24) is 4.98 Å². The highest BCUT2D eigenvalue weighted by Crippen LogP contribution is 2.28. The first-order chi connectivity index (χ1) is 8.58. The summed E-state index contributed by atoms with van der Waals surface area (Å²) < 4.78 is 0. The van der Waals surface area contributed by atoms with Crippen molar-refractivity contribution in [1.29, 1.82) is 0 Å². The molecule has 0 saturated heterocycles. The summed E-state index contributed by atoms with van der Waals surface area (Å²) in [4.78, 5) is 4.15. The van der Waals surface area contributed by atoms with E-state index >= 15 is 0 Å². The van der Waals surface area contributed by atoms with E-state index in [9.17, 15) is 0 Å². The van der Waals surface area contributed by atoms with Crippen LogP contribution in [0.2, 0.25) is 10.0 Å². The van der Waals surface area contributed by atoms with Crippen LogP contribution in [0.4, 0.5) is 0 Å². The summed E-state index contributed by atoms with van der Waals surface area (Å²) in [6.45, 7) is 2.00. The van der Waals surface area contributed by atoms with Crippen molar-refractivity contribution in [2.45, 2.75) is 19.4 Å². The highest BCUT2D eigenvalue weighted by atomic mass is 35.5. The summed E-state index contributed by atoms with van der Waals surface area (Å²) in [6.07, 6.45) is 4.24. The fourth-order valence-electron chi connectivity index (χ4n) is 1.84. The molecular weight excluding hydrogens is 267 g/mol. The summed E-state index contributed by atoms with van der Waals surface area (Å²) in [6, 6.07) is 7.50. The molecule has 0 aliphatic heterocycles. The van der Waals surface area contributed by atoms with Gasteiger partial charge in [-0.1, -0.05) is 41.4 Å². The third kappa shape index (κ3) is 3.02. The zero-order chi connectivity index (χ0) is 13.1. The van der Waals surface area contributed by atoms with Crippen LogP contribution in [0.3, 0.4) is 0 Å². The quantitative estimate of drug-likeness (QED) is 0.925. The molecule has 0 bridgehead atoms. The van der Waals surface area contributed by atoms with Crippen LogP contribution in [-0.2, 0) is 6.42 Å². The van der Waals surface area contributed by atoms with Crippen LogP contribution in [0.25, 0.3) is 0 Å². The van der Waals surface area contributed by atoms with Crippen LogP contribution in [0.1, 0.15) is 22.7 Å². The average Bonchev–Trinajstić information content (AvgIpc) is 2.35. The number of nitrogens with two attached hydrogens (primary N) is 1. The van der Waals surface area contributed by atoms with E-state index in [1.54, 1.807) is 12.3 Å². The van der Waals surface area contributed by atoms with Crippen LogP contribution in [0, 0.1) is 6.92 Å². The lowest BCUT2D eigenvalue weighted by molar-refractivity contribution is 0.717. The van der Waals surface area contributed by atoms with Crippen molar-refractivity contribution in [2.75, 3.05) is 0 Å². The lowest BCUT2D eigenvalue weighted by Crippen LogP contribution is -2.14. The molecule has 2 nitrogen and oxygen atoms in total. The summed E-state index contributed by atoms with van der Waals surface area (Å²) in [5.74, 6) is 0. The number of rotatable bonds is 3. The predicted octanol–water partition coefficient (Wildman–Crippen LogP) is 3.94. The second kappa shape index (κ2) is 5.70. The molecule has 0 aliphatic rings. The fraction of sp³-hybridized carbons (Fsp3) is 0.214. The molecule has 18 heavy (non-hydrogen) atoms. The van der Waals surface area contributed by atoms with E-state index in [0.717, 1.165) is 16.7 Å². The second-order valence-electron chi connectivity index (χ2n) is 4.32. The first-order valence-corrected chi connectivity index (χ1v) is 6.43. The van der Waals surface area contributed by atoms with Gasteiger partial charge in [0.1, 0.15) is 0 Å². The topological polar surface area (TPSA) is 38.9 Å². The predicted molar refractivity (Wildman–Crippen MR) is 76.1 cm³/mol. The molecule has 0 saturated carbocycles. The van der Waals surface area contributed by atoms with Gasteiger partial charge < -0.3 is 5.73 Å². The Bertz CT molecular complexity index is 555. The van der Waals surface area contributed by atoms with Gasteiger partial charge in [-0.15, -0.1) is 0 Å². The lowest BCUT2D eigenvalue weighted by atomic mass is 10.0. The molecule has 0 amide bonds. The van der Waals surface area contributed by atoms with Crippen molar-refractivity contribution in [3.05, 3.63) is 63.4 Å². The number of hydrogen-bond donors (Lipinski definition) is 1. The van der Waals surface area contributed by atoms with Crippen molar-refractivity contribution >= 4 is 23.2 Å². The lowest BCUT2D eigenvalue weighted by Gasteiger charge is -2.13. The van der Waals surface area contributed by atoms with Crippen molar-refractivity contribution in [3.8, 4) is 0 Å². The van der Waals surface area contributed by atoms with E-state index in [4.69, 9.17) is 28.9 Å². The third-order valence-corrected chi connectivity index (χ3v) is 3.65. The molecule has 0 spiro atoms. The smallest absolute Gasteiger partial charge is 0.0624 e. The van der Waals surface area contributed by atoms with Gasteiger partial charge in [-0.05, 0) is 36.1 Å². The van der Waals surface area contributed by atoms with Crippen LogP contribution >= 0.6 is 23.2 Å².